The van der Waals surface area contributed by atoms with E-state index < -0.39 is 10.0 Å². The maximum Gasteiger partial charge on any atom is 0.240 e. The van der Waals surface area contributed by atoms with Gasteiger partial charge in [-0.2, -0.15) is 0 Å². The minimum Gasteiger partial charge on any atom is -0.356 e. The van der Waals surface area contributed by atoms with E-state index in [2.05, 4.69) is 21.9 Å². The van der Waals surface area contributed by atoms with E-state index in [1.54, 1.807) is 19.1 Å². The summed E-state index contributed by atoms with van der Waals surface area (Å²) < 4.78 is 26.6. The maximum absolute atomic E-state index is 12.1. The van der Waals surface area contributed by atoms with E-state index in [1.807, 2.05) is 0 Å². The summed E-state index contributed by atoms with van der Waals surface area (Å²) in [6.45, 7) is 2.58. The molecule has 0 saturated heterocycles. The largest absolute Gasteiger partial charge is 0.356 e. The molecule has 1 aromatic rings. The number of rotatable bonds is 6. The topological polar surface area (TPSA) is 101 Å². The molecule has 0 atom stereocenters. The lowest BCUT2D eigenvalue weighted by molar-refractivity contribution is -0.120. The molecule has 0 aliphatic carbocycles. The smallest absolute Gasteiger partial charge is 0.240 e. The number of nitrogens with one attached hydrogen (secondary N) is 2. The highest BCUT2D eigenvalue weighted by Gasteiger charge is 2.14. The van der Waals surface area contributed by atoms with Crippen LogP contribution in [0.25, 0.3) is 0 Å². The molecule has 0 radical (unpaired) electrons. The number of sulfonamides is 1. The molecule has 0 aliphatic rings. The minimum atomic E-state index is -3.65. The number of nitrogens with two attached hydrogens (primary N) is 1. The Hall–Kier alpha value is -1.88. The van der Waals surface area contributed by atoms with Crippen molar-refractivity contribution in [2.75, 3.05) is 19.6 Å². The quantitative estimate of drug-likeness (QED) is 0.633. The van der Waals surface area contributed by atoms with Crippen molar-refractivity contribution in [1.29, 1.82) is 0 Å². The van der Waals surface area contributed by atoms with E-state index >= 15 is 0 Å². The SMILES string of the molecule is CCNC(=O)CCNS(=O)(=O)c1cccc(C#CCN)c1. The molecule has 0 unspecified atom stereocenters. The van der Waals surface area contributed by atoms with Gasteiger partial charge in [0.05, 0.1) is 11.4 Å². The minimum absolute atomic E-state index is 0.0485. The fourth-order valence-electron chi connectivity index (χ4n) is 1.56. The molecule has 6 nitrogen and oxygen atoms in total. The molecule has 0 spiro atoms. The summed E-state index contributed by atoms with van der Waals surface area (Å²) in [6.07, 6.45) is 0.0970. The number of carbonyl (C=O) groups is 1. The van der Waals surface area contributed by atoms with Gasteiger partial charge in [-0.25, -0.2) is 13.1 Å². The summed E-state index contributed by atoms with van der Waals surface area (Å²) in [7, 11) is -3.65. The Morgan fingerprint density at radius 1 is 1.38 bits per heavy atom. The molecule has 0 aliphatic heterocycles. The highest BCUT2D eigenvalue weighted by atomic mass is 32.2. The van der Waals surface area contributed by atoms with E-state index in [9.17, 15) is 13.2 Å². The van der Waals surface area contributed by atoms with Crippen LogP contribution in [0, 0.1) is 11.8 Å². The van der Waals surface area contributed by atoms with E-state index in [-0.39, 0.29) is 30.3 Å². The van der Waals surface area contributed by atoms with Crippen LogP contribution in [0.1, 0.15) is 18.9 Å². The van der Waals surface area contributed by atoms with Crippen LogP contribution in [0.2, 0.25) is 0 Å². The summed E-state index contributed by atoms with van der Waals surface area (Å²) in [4.78, 5) is 11.4. The number of hydrogen-bond acceptors (Lipinski definition) is 4. The van der Waals surface area contributed by atoms with Crippen LogP contribution in [-0.4, -0.2) is 34.0 Å². The van der Waals surface area contributed by atoms with E-state index in [1.165, 1.54) is 12.1 Å². The molecule has 0 aromatic heterocycles. The molecule has 4 N–H and O–H groups in total. The molecule has 0 saturated carbocycles. The first-order valence-electron chi connectivity index (χ1n) is 6.55. The molecule has 0 fully saturated rings. The molecule has 114 valence electrons. The number of benzene rings is 1. The van der Waals surface area contributed by atoms with E-state index in [0.29, 0.717) is 12.1 Å². The molecule has 0 heterocycles. The molecule has 7 heteroatoms. The van der Waals surface area contributed by atoms with Gasteiger partial charge in [0.15, 0.2) is 0 Å². The standard InChI is InChI=1S/C14H19N3O3S/c1-2-16-14(18)8-10-17-21(19,20)13-7-3-5-12(11-13)6-4-9-15/h3,5,7,11,17H,2,8-10,15H2,1H3,(H,16,18). The van der Waals surface area contributed by atoms with Crippen LogP contribution < -0.4 is 15.8 Å². The second-order valence-corrected chi connectivity index (χ2v) is 5.90. The van der Waals surface area contributed by atoms with Crippen molar-refractivity contribution in [2.45, 2.75) is 18.2 Å². The zero-order chi connectivity index (χ0) is 15.7. The Bertz CT molecular complexity index is 645. The van der Waals surface area contributed by atoms with Crippen LogP contribution >= 0.6 is 0 Å². The predicted octanol–water partition coefficient (Wildman–Crippen LogP) is -0.199. The van der Waals surface area contributed by atoms with Crippen LogP contribution in [-0.2, 0) is 14.8 Å². The molecule has 1 rings (SSSR count). The Morgan fingerprint density at radius 3 is 2.81 bits per heavy atom. The Kier molecular flexibility index (Phi) is 6.88. The van der Waals surface area contributed by atoms with Crippen molar-refractivity contribution < 1.29 is 13.2 Å². The summed E-state index contributed by atoms with van der Waals surface area (Å²) in [5.74, 6) is 5.25. The summed E-state index contributed by atoms with van der Waals surface area (Å²) in [6, 6.07) is 6.26. The monoisotopic (exact) mass is 309 g/mol. The lowest BCUT2D eigenvalue weighted by atomic mass is 10.2. The van der Waals surface area contributed by atoms with Gasteiger partial charge in [-0.1, -0.05) is 17.9 Å². The van der Waals surface area contributed by atoms with Crippen LogP contribution in [0.5, 0.6) is 0 Å². The lowest BCUT2D eigenvalue weighted by Gasteiger charge is -2.07. The van der Waals surface area contributed by atoms with Gasteiger partial charge < -0.3 is 11.1 Å². The van der Waals surface area contributed by atoms with Gasteiger partial charge in [0, 0.05) is 25.1 Å². The molecular formula is C14H19N3O3S. The Balaban J connectivity index is 2.72. The third-order valence-electron chi connectivity index (χ3n) is 2.50. The van der Waals surface area contributed by atoms with E-state index in [0.717, 1.165) is 0 Å². The molecule has 0 bridgehead atoms. The molecule has 1 aromatic carbocycles. The fraction of sp³-hybridized carbons (Fsp3) is 0.357. The zero-order valence-electron chi connectivity index (χ0n) is 11.8. The maximum atomic E-state index is 12.1. The summed E-state index contributed by atoms with van der Waals surface area (Å²) in [5.41, 5.74) is 5.85. The normalized spacial score (nSPS) is 10.6. The van der Waals surface area contributed by atoms with Gasteiger partial charge >= 0.3 is 0 Å². The Labute approximate surface area is 125 Å². The summed E-state index contributed by atoms with van der Waals surface area (Å²) in [5, 5.41) is 2.60. The molecule has 1 amide bonds. The average molecular weight is 309 g/mol. The van der Waals surface area contributed by atoms with Crippen molar-refractivity contribution in [3.63, 3.8) is 0 Å². The van der Waals surface area contributed by atoms with Crippen molar-refractivity contribution in [3.05, 3.63) is 29.8 Å². The average Bonchev–Trinajstić information content (AvgIpc) is 2.45. The number of amides is 1. The van der Waals surface area contributed by atoms with Crippen molar-refractivity contribution in [1.82, 2.24) is 10.0 Å². The van der Waals surface area contributed by atoms with Crippen LogP contribution in [0.4, 0.5) is 0 Å². The third-order valence-corrected chi connectivity index (χ3v) is 3.96. The highest BCUT2D eigenvalue weighted by molar-refractivity contribution is 7.89. The van der Waals surface area contributed by atoms with Gasteiger partial charge in [0.2, 0.25) is 15.9 Å². The third kappa shape index (κ3) is 5.95. The zero-order valence-corrected chi connectivity index (χ0v) is 12.7. The van der Waals surface area contributed by atoms with Crippen LogP contribution in [0.15, 0.2) is 29.2 Å². The molecular weight excluding hydrogens is 290 g/mol. The Morgan fingerprint density at radius 2 is 2.14 bits per heavy atom. The van der Waals surface area contributed by atoms with Crippen molar-refractivity contribution in [3.8, 4) is 11.8 Å². The van der Waals surface area contributed by atoms with Gasteiger partial charge in [-0.05, 0) is 25.1 Å². The first-order chi connectivity index (χ1) is 9.99. The van der Waals surface area contributed by atoms with E-state index in [4.69, 9.17) is 5.73 Å². The first-order valence-corrected chi connectivity index (χ1v) is 8.03. The van der Waals surface area contributed by atoms with Crippen molar-refractivity contribution >= 4 is 15.9 Å². The predicted molar refractivity (Wildman–Crippen MR) is 80.9 cm³/mol. The lowest BCUT2D eigenvalue weighted by Crippen LogP contribution is -2.30. The fourth-order valence-corrected chi connectivity index (χ4v) is 2.64. The second kappa shape index (κ2) is 8.42. The van der Waals surface area contributed by atoms with Gasteiger partial charge in [0.25, 0.3) is 0 Å². The molecule has 21 heavy (non-hydrogen) atoms. The first kappa shape index (κ1) is 17.2. The summed E-state index contributed by atoms with van der Waals surface area (Å²) >= 11 is 0. The number of hydrogen-bond donors (Lipinski definition) is 3. The number of carbonyl (C=O) groups excluding carboxylic acids is 1. The second-order valence-electron chi connectivity index (χ2n) is 4.14. The van der Waals surface area contributed by atoms with Gasteiger partial charge in [-0.3, -0.25) is 4.79 Å². The highest BCUT2D eigenvalue weighted by Crippen LogP contribution is 2.10. The van der Waals surface area contributed by atoms with Gasteiger partial charge in [-0.15, -0.1) is 0 Å². The van der Waals surface area contributed by atoms with Gasteiger partial charge in [0.1, 0.15) is 0 Å². The van der Waals surface area contributed by atoms with Crippen molar-refractivity contribution in [2.24, 2.45) is 5.73 Å². The van der Waals surface area contributed by atoms with Crippen LogP contribution in [0.3, 0.4) is 0 Å².